The van der Waals surface area contributed by atoms with Gasteiger partial charge in [-0.3, -0.25) is 29.4 Å². The van der Waals surface area contributed by atoms with Gasteiger partial charge in [0.05, 0.1) is 11.1 Å². The molecule has 1 N–H and O–H groups in total. The first-order valence-corrected chi connectivity index (χ1v) is 7.67. The zero-order valence-electron chi connectivity index (χ0n) is 12.4. The van der Waals surface area contributed by atoms with Crippen LogP contribution in [0.15, 0.2) is 18.2 Å². The standard InChI is InChI=1S/C16H15N3O4/c20-13-5-4-12(14(21)17-13)19-15(22)10-3-2-9(18-6-1-7-18)8-11(10)16(19)23/h2-3,8,12H,1,4-7H2,(H,17,20,21). The molecule has 0 bridgehead atoms. The Morgan fingerprint density at radius 2 is 1.74 bits per heavy atom. The average molecular weight is 313 g/mol. The van der Waals surface area contributed by atoms with Gasteiger partial charge in [0.25, 0.3) is 11.8 Å². The molecule has 1 unspecified atom stereocenters. The minimum Gasteiger partial charge on any atom is -0.371 e. The summed E-state index contributed by atoms with van der Waals surface area (Å²) in [5.74, 6) is -1.88. The van der Waals surface area contributed by atoms with Crippen molar-refractivity contribution in [2.75, 3.05) is 18.0 Å². The fourth-order valence-corrected chi connectivity index (χ4v) is 3.23. The van der Waals surface area contributed by atoms with Gasteiger partial charge < -0.3 is 4.90 Å². The van der Waals surface area contributed by atoms with Gasteiger partial charge in [0.1, 0.15) is 6.04 Å². The van der Waals surface area contributed by atoms with E-state index in [9.17, 15) is 19.2 Å². The number of rotatable bonds is 2. The molecule has 4 rings (SSSR count). The molecule has 0 aromatic heterocycles. The van der Waals surface area contributed by atoms with Crippen molar-refractivity contribution in [3.63, 3.8) is 0 Å². The molecule has 0 aliphatic carbocycles. The Morgan fingerprint density at radius 1 is 1.00 bits per heavy atom. The van der Waals surface area contributed by atoms with Gasteiger partial charge in [-0.2, -0.15) is 0 Å². The first-order valence-electron chi connectivity index (χ1n) is 7.67. The third-order valence-electron chi connectivity index (χ3n) is 4.64. The van der Waals surface area contributed by atoms with Crippen LogP contribution in [0.1, 0.15) is 40.0 Å². The van der Waals surface area contributed by atoms with E-state index in [2.05, 4.69) is 10.2 Å². The summed E-state index contributed by atoms with van der Waals surface area (Å²) in [6.45, 7) is 1.88. The molecule has 3 heterocycles. The smallest absolute Gasteiger partial charge is 0.262 e. The summed E-state index contributed by atoms with van der Waals surface area (Å²) in [6.07, 6.45) is 1.42. The van der Waals surface area contributed by atoms with Gasteiger partial charge in [-0.05, 0) is 31.0 Å². The molecule has 0 saturated carbocycles. The first kappa shape index (κ1) is 13.9. The van der Waals surface area contributed by atoms with E-state index in [1.54, 1.807) is 12.1 Å². The molecule has 1 atom stereocenters. The molecular formula is C16H15N3O4. The number of nitrogens with zero attached hydrogens (tertiary/aromatic N) is 2. The first-order chi connectivity index (χ1) is 11.1. The van der Waals surface area contributed by atoms with Crippen molar-refractivity contribution in [2.24, 2.45) is 0 Å². The predicted octanol–water partition coefficient (Wildman–Crippen LogP) is 0.298. The number of carbonyl (C=O) groups is 4. The second-order valence-corrected chi connectivity index (χ2v) is 6.02. The summed E-state index contributed by atoms with van der Waals surface area (Å²) in [7, 11) is 0. The molecule has 7 heteroatoms. The van der Waals surface area contributed by atoms with Crippen molar-refractivity contribution >= 4 is 29.3 Å². The van der Waals surface area contributed by atoms with E-state index in [4.69, 9.17) is 0 Å². The fraction of sp³-hybridized carbons (Fsp3) is 0.375. The lowest BCUT2D eigenvalue weighted by atomic mass is 10.0. The second kappa shape index (κ2) is 4.91. The Hall–Kier alpha value is -2.70. The molecule has 1 aromatic rings. The molecule has 2 fully saturated rings. The van der Waals surface area contributed by atoms with Crippen molar-refractivity contribution in [3.8, 4) is 0 Å². The van der Waals surface area contributed by atoms with Gasteiger partial charge in [0, 0.05) is 25.2 Å². The lowest BCUT2D eigenvalue weighted by Crippen LogP contribution is -2.54. The van der Waals surface area contributed by atoms with Crippen LogP contribution >= 0.6 is 0 Å². The van der Waals surface area contributed by atoms with Crippen LogP contribution in [0.3, 0.4) is 0 Å². The molecule has 2 saturated heterocycles. The van der Waals surface area contributed by atoms with Crippen LogP contribution in [0.4, 0.5) is 5.69 Å². The van der Waals surface area contributed by atoms with Crippen molar-refractivity contribution in [1.29, 1.82) is 0 Å². The molecule has 7 nitrogen and oxygen atoms in total. The van der Waals surface area contributed by atoms with Gasteiger partial charge in [-0.1, -0.05) is 0 Å². The van der Waals surface area contributed by atoms with E-state index in [0.717, 1.165) is 30.1 Å². The molecule has 23 heavy (non-hydrogen) atoms. The Balaban J connectivity index is 1.66. The number of anilines is 1. The van der Waals surface area contributed by atoms with E-state index >= 15 is 0 Å². The number of nitrogens with one attached hydrogen (secondary N) is 1. The number of imide groups is 2. The van der Waals surface area contributed by atoms with Gasteiger partial charge in [-0.15, -0.1) is 0 Å². The zero-order chi connectivity index (χ0) is 16.1. The highest BCUT2D eigenvalue weighted by Gasteiger charge is 2.44. The molecule has 118 valence electrons. The van der Waals surface area contributed by atoms with Crippen LogP contribution in [-0.4, -0.2) is 47.7 Å². The molecule has 4 amide bonds. The van der Waals surface area contributed by atoms with Gasteiger partial charge in [0.2, 0.25) is 11.8 Å². The summed E-state index contributed by atoms with van der Waals surface area (Å²) in [5, 5.41) is 2.19. The Labute approximate surface area is 132 Å². The van der Waals surface area contributed by atoms with Crippen molar-refractivity contribution in [3.05, 3.63) is 29.3 Å². The number of carbonyl (C=O) groups excluding carboxylic acids is 4. The Morgan fingerprint density at radius 3 is 2.39 bits per heavy atom. The monoisotopic (exact) mass is 313 g/mol. The van der Waals surface area contributed by atoms with Gasteiger partial charge in [-0.25, -0.2) is 0 Å². The van der Waals surface area contributed by atoms with Crippen LogP contribution in [0.25, 0.3) is 0 Å². The topological polar surface area (TPSA) is 86.8 Å². The lowest BCUT2D eigenvalue weighted by Gasteiger charge is -2.33. The minimum absolute atomic E-state index is 0.128. The van der Waals surface area contributed by atoms with Crippen LogP contribution in [0, 0.1) is 0 Å². The highest BCUT2D eigenvalue weighted by atomic mass is 16.2. The number of piperidine rings is 1. The van der Waals surface area contributed by atoms with E-state index in [1.165, 1.54) is 0 Å². The summed E-state index contributed by atoms with van der Waals surface area (Å²) >= 11 is 0. The number of hydrogen-bond donors (Lipinski definition) is 1. The molecule has 3 aliphatic heterocycles. The lowest BCUT2D eigenvalue weighted by molar-refractivity contribution is -0.136. The van der Waals surface area contributed by atoms with E-state index in [-0.39, 0.29) is 18.7 Å². The maximum atomic E-state index is 12.6. The van der Waals surface area contributed by atoms with E-state index in [0.29, 0.717) is 11.1 Å². The third kappa shape index (κ3) is 2.03. The molecule has 0 spiro atoms. The predicted molar refractivity (Wildman–Crippen MR) is 79.9 cm³/mol. The SMILES string of the molecule is O=C1CCC(N2C(=O)c3ccc(N4CCC4)cc3C2=O)C(=O)N1. The maximum Gasteiger partial charge on any atom is 0.262 e. The van der Waals surface area contributed by atoms with E-state index in [1.807, 2.05) is 6.07 Å². The number of amides is 4. The van der Waals surface area contributed by atoms with Crippen LogP contribution in [0.5, 0.6) is 0 Å². The summed E-state index contributed by atoms with van der Waals surface area (Å²) < 4.78 is 0. The third-order valence-corrected chi connectivity index (χ3v) is 4.64. The van der Waals surface area contributed by atoms with Crippen LogP contribution in [-0.2, 0) is 9.59 Å². The Kier molecular flexibility index (Phi) is 2.97. The molecule has 0 radical (unpaired) electrons. The molecular weight excluding hydrogens is 298 g/mol. The van der Waals surface area contributed by atoms with Crippen LogP contribution < -0.4 is 10.2 Å². The normalized spacial score (nSPS) is 23.7. The second-order valence-electron chi connectivity index (χ2n) is 6.02. The number of fused-ring (bicyclic) bond motifs is 1. The molecule has 1 aromatic carbocycles. The highest BCUT2D eigenvalue weighted by molar-refractivity contribution is 6.23. The maximum absolute atomic E-state index is 12.6. The van der Waals surface area contributed by atoms with Crippen molar-refractivity contribution in [2.45, 2.75) is 25.3 Å². The average Bonchev–Trinajstić information content (AvgIpc) is 2.70. The highest BCUT2D eigenvalue weighted by Crippen LogP contribution is 2.31. The quantitative estimate of drug-likeness (QED) is 0.794. The summed E-state index contributed by atoms with van der Waals surface area (Å²) in [5.41, 5.74) is 1.58. The fourth-order valence-electron chi connectivity index (χ4n) is 3.23. The largest absolute Gasteiger partial charge is 0.371 e. The summed E-state index contributed by atoms with van der Waals surface area (Å²) in [6, 6.07) is 4.29. The molecule has 3 aliphatic rings. The van der Waals surface area contributed by atoms with Crippen molar-refractivity contribution in [1.82, 2.24) is 10.2 Å². The number of hydrogen-bond acceptors (Lipinski definition) is 5. The summed E-state index contributed by atoms with van der Waals surface area (Å²) in [4.78, 5) is 51.5. The zero-order valence-corrected chi connectivity index (χ0v) is 12.4. The van der Waals surface area contributed by atoms with Gasteiger partial charge >= 0.3 is 0 Å². The minimum atomic E-state index is -0.910. The van der Waals surface area contributed by atoms with E-state index < -0.39 is 23.8 Å². The van der Waals surface area contributed by atoms with Crippen LogP contribution in [0.2, 0.25) is 0 Å². The number of benzene rings is 1. The van der Waals surface area contributed by atoms with Gasteiger partial charge in [0.15, 0.2) is 0 Å². The Bertz CT molecular complexity index is 754. The van der Waals surface area contributed by atoms with Crippen molar-refractivity contribution < 1.29 is 19.2 Å².